The van der Waals surface area contributed by atoms with E-state index in [0.717, 1.165) is 17.0 Å². The molecule has 0 radical (unpaired) electrons. The van der Waals surface area contributed by atoms with Gasteiger partial charge in [0.15, 0.2) is 0 Å². The molecule has 2 N–H and O–H groups in total. The largest absolute Gasteiger partial charge is 0.464 e. The maximum atomic E-state index is 5.62. The Balaban J connectivity index is 2.78. The third-order valence-corrected chi connectivity index (χ3v) is 1.53. The molecule has 2 heteroatoms. The molecule has 0 saturated carbocycles. The van der Waals surface area contributed by atoms with Crippen molar-refractivity contribution in [2.75, 3.05) is 5.73 Å². The zero-order valence-electron chi connectivity index (χ0n) is 5.37. The number of nitrogens with two attached hydrogens (primary N) is 1. The van der Waals surface area contributed by atoms with Gasteiger partial charge in [0.2, 0.25) is 0 Å². The van der Waals surface area contributed by atoms with Crippen molar-refractivity contribution in [1.29, 1.82) is 0 Å². The van der Waals surface area contributed by atoms with E-state index < -0.39 is 0 Å². The second-order valence-corrected chi connectivity index (χ2v) is 2.18. The van der Waals surface area contributed by atoms with Crippen molar-refractivity contribution < 1.29 is 4.42 Å². The zero-order valence-corrected chi connectivity index (χ0v) is 5.37. The molecule has 0 saturated heterocycles. The molecule has 0 spiro atoms. The molecule has 0 bridgehead atoms. The second-order valence-electron chi connectivity index (χ2n) is 2.18. The molecule has 10 heavy (non-hydrogen) atoms. The number of rotatable bonds is 0. The summed E-state index contributed by atoms with van der Waals surface area (Å²) < 4.78 is 5.15. The minimum absolute atomic E-state index is 0.777. The molecule has 1 heterocycles. The van der Waals surface area contributed by atoms with Crippen LogP contribution in [0.5, 0.6) is 0 Å². The molecule has 1 aliphatic heterocycles. The van der Waals surface area contributed by atoms with Gasteiger partial charge in [-0.3, -0.25) is 0 Å². The van der Waals surface area contributed by atoms with E-state index in [2.05, 4.69) is 0 Å². The molecule has 50 valence electrons. The Morgan fingerprint density at radius 1 is 1.20 bits per heavy atom. The van der Waals surface area contributed by atoms with Gasteiger partial charge in [-0.05, 0) is 24.3 Å². The average Bonchev–Trinajstić information content (AvgIpc) is 2.34. The van der Waals surface area contributed by atoms with E-state index in [4.69, 9.17) is 10.2 Å². The summed E-state index contributed by atoms with van der Waals surface area (Å²) in [6, 6.07) is 7.48. The summed E-state index contributed by atoms with van der Waals surface area (Å²) in [4.78, 5) is 0. The van der Waals surface area contributed by atoms with Gasteiger partial charge in [0, 0.05) is 11.3 Å². The van der Waals surface area contributed by atoms with Gasteiger partial charge in [0.1, 0.15) is 5.76 Å². The van der Waals surface area contributed by atoms with Crippen LogP contribution in [-0.4, -0.2) is 0 Å². The summed E-state index contributed by atoms with van der Waals surface area (Å²) in [5.74, 6) is 0.847. The van der Waals surface area contributed by atoms with E-state index in [9.17, 15) is 0 Å². The van der Waals surface area contributed by atoms with Crippen LogP contribution in [0.2, 0.25) is 0 Å². The number of nitrogen functional groups attached to an aromatic ring is 1. The molecule has 2 nitrogen and oxygen atoms in total. The van der Waals surface area contributed by atoms with Crippen molar-refractivity contribution in [3.05, 3.63) is 30.5 Å². The van der Waals surface area contributed by atoms with Crippen LogP contribution in [0.1, 0.15) is 0 Å². The molecule has 2 aliphatic rings. The quantitative estimate of drug-likeness (QED) is 0.596. The van der Waals surface area contributed by atoms with Gasteiger partial charge in [-0.1, -0.05) is 0 Å². The molecule has 0 aromatic rings. The first kappa shape index (κ1) is 5.35. The lowest BCUT2D eigenvalue weighted by molar-refractivity contribution is 0.567. The van der Waals surface area contributed by atoms with Crippen molar-refractivity contribution in [3.63, 3.8) is 0 Å². The minimum Gasteiger partial charge on any atom is -0.464 e. The minimum atomic E-state index is 0.777. The zero-order chi connectivity index (χ0) is 6.97. The van der Waals surface area contributed by atoms with Crippen LogP contribution in [0.25, 0.3) is 11.3 Å². The van der Waals surface area contributed by atoms with E-state index in [1.807, 2.05) is 24.3 Å². The Morgan fingerprint density at radius 2 is 2.10 bits per heavy atom. The molecule has 0 aromatic carbocycles. The third kappa shape index (κ3) is 0.589. The fourth-order valence-corrected chi connectivity index (χ4v) is 1.02. The monoisotopic (exact) mass is 133 g/mol. The van der Waals surface area contributed by atoms with E-state index in [1.165, 1.54) is 0 Å². The van der Waals surface area contributed by atoms with E-state index in [1.54, 1.807) is 6.26 Å². The summed E-state index contributed by atoms with van der Waals surface area (Å²) in [6.07, 6.45) is 1.64. The lowest BCUT2D eigenvalue weighted by atomic mass is 10.2. The van der Waals surface area contributed by atoms with Gasteiger partial charge in [-0.15, -0.1) is 0 Å². The predicted octanol–water partition coefficient (Wildman–Crippen LogP) is 1.97. The summed E-state index contributed by atoms with van der Waals surface area (Å²) in [5, 5.41) is 0. The van der Waals surface area contributed by atoms with Crippen LogP contribution in [0.15, 0.2) is 34.9 Å². The first-order valence-electron chi connectivity index (χ1n) is 3.09. The van der Waals surface area contributed by atoms with Crippen LogP contribution < -0.4 is 5.73 Å². The summed E-state index contributed by atoms with van der Waals surface area (Å²) in [7, 11) is 0. The fraction of sp³-hybridized carbons (Fsp3) is 0. The van der Waals surface area contributed by atoms with Crippen molar-refractivity contribution in [2.45, 2.75) is 0 Å². The van der Waals surface area contributed by atoms with Crippen LogP contribution in [0.4, 0.5) is 5.69 Å². The maximum absolute atomic E-state index is 5.62. The van der Waals surface area contributed by atoms with Crippen LogP contribution in [-0.2, 0) is 0 Å². The average molecular weight is 133 g/mol. The highest BCUT2D eigenvalue weighted by atomic mass is 16.3. The molecule has 0 amide bonds. The van der Waals surface area contributed by atoms with Gasteiger partial charge in [-0.2, -0.15) is 0 Å². The number of anilines is 1. The summed E-state index contributed by atoms with van der Waals surface area (Å²) in [6.45, 7) is 0. The number of hydrogen-bond donors (Lipinski definition) is 1. The normalized spacial score (nSPS) is 10.4. The first-order chi connectivity index (χ1) is 4.88. The van der Waals surface area contributed by atoms with Crippen LogP contribution in [0, 0.1) is 0 Å². The highest BCUT2D eigenvalue weighted by Gasteiger charge is 2.05. The highest BCUT2D eigenvalue weighted by molar-refractivity contribution is 5.75. The van der Waals surface area contributed by atoms with Crippen molar-refractivity contribution in [2.24, 2.45) is 0 Å². The van der Waals surface area contributed by atoms with Gasteiger partial charge in [-0.25, -0.2) is 0 Å². The highest BCUT2D eigenvalue weighted by Crippen LogP contribution is 2.28. The van der Waals surface area contributed by atoms with Crippen molar-refractivity contribution in [1.82, 2.24) is 0 Å². The van der Waals surface area contributed by atoms with E-state index in [0.29, 0.717) is 0 Å². The fourth-order valence-electron chi connectivity index (χ4n) is 1.02. The SMILES string of the molecule is Nc1ccc2occcc1-2. The second kappa shape index (κ2) is 1.77. The molecular formula is C8H7NO. The molecule has 0 fully saturated rings. The molecule has 0 aromatic heterocycles. The Labute approximate surface area is 58.6 Å². The lowest BCUT2D eigenvalue weighted by Crippen LogP contribution is -1.82. The summed E-state index contributed by atoms with van der Waals surface area (Å²) >= 11 is 0. The van der Waals surface area contributed by atoms with E-state index >= 15 is 0 Å². The van der Waals surface area contributed by atoms with Gasteiger partial charge >= 0.3 is 0 Å². The van der Waals surface area contributed by atoms with Crippen molar-refractivity contribution in [3.8, 4) is 11.3 Å². The molecule has 0 unspecified atom stereocenters. The number of hydrogen-bond acceptors (Lipinski definition) is 2. The Hall–Kier alpha value is -1.44. The van der Waals surface area contributed by atoms with E-state index in [-0.39, 0.29) is 0 Å². The Kier molecular flexibility index (Phi) is 0.947. The molecule has 1 aliphatic carbocycles. The third-order valence-electron chi connectivity index (χ3n) is 1.53. The van der Waals surface area contributed by atoms with Gasteiger partial charge < -0.3 is 10.2 Å². The molecular weight excluding hydrogens is 126 g/mol. The number of fused-ring (bicyclic) bond motifs is 1. The topological polar surface area (TPSA) is 39.2 Å². The Bertz CT molecular complexity index is 313. The maximum Gasteiger partial charge on any atom is 0.135 e. The van der Waals surface area contributed by atoms with Crippen LogP contribution >= 0.6 is 0 Å². The van der Waals surface area contributed by atoms with Crippen molar-refractivity contribution >= 4 is 5.69 Å². The predicted molar refractivity (Wildman–Crippen MR) is 39.7 cm³/mol. The standard InChI is InChI=1S/C8H7NO/c9-7-3-4-8-6(7)2-1-5-10-8/h1-5H,9H2. The van der Waals surface area contributed by atoms with Crippen LogP contribution in [0.3, 0.4) is 0 Å². The first-order valence-corrected chi connectivity index (χ1v) is 3.09. The molecule has 0 atom stereocenters. The van der Waals surface area contributed by atoms with Gasteiger partial charge in [0.25, 0.3) is 0 Å². The Morgan fingerprint density at radius 3 is 2.90 bits per heavy atom. The summed E-state index contributed by atoms with van der Waals surface area (Å²) in [5.41, 5.74) is 7.38. The molecule has 2 rings (SSSR count). The lowest BCUT2D eigenvalue weighted by Gasteiger charge is -1.95. The van der Waals surface area contributed by atoms with Gasteiger partial charge in [0.05, 0.1) is 6.26 Å². The smallest absolute Gasteiger partial charge is 0.135 e.